The fraction of sp³-hybridized carbons (Fsp3) is 0.760. The predicted octanol–water partition coefficient (Wildman–Crippen LogP) is 2.58. The van der Waals surface area contributed by atoms with E-state index in [9.17, 15) is 19.2 Å². The second-order valence-electron chi connectivity index (χ2n) is 10.5. The number of carboxylic acids is 1. The van der Waals surface area contributed by atoms with Crippen molar-refractivity contribution in [3.05, 3.63) is 12.2 Å². The lowest BCUT2D eigenvalue weighted by Crippen LogP contribution is -2.53. The molecule has 0 aromatic rings. The highest BCUT2D eigenvalue weighted by Crippen LogP contribution is 2.52. The second-order valence-corrected chi connectivity index (χ2v) is 10.5. The van der Waals surface area contributed by atoms with E-state index in [0.717, 1.165) is 51.4 Å². The van der Waals surface area contributed by atoms with Gasteiger partial charge in [0.05, 0.1) is 5.92 Å². The zero-order chi connectivity index (χ0) is 24.2. The van der Waals surface area contributed by atoms with Crippen LogP contribution < -0.4 is 11.1 Å². The summed E-state index contributed by atoms with van der Waals surface area (Å²) < 4.78 is 5.58. The summed E-state index contributed by atoms with van der Waals surface area (Å²) in [4.78, 5) is 49.9. The Morgan fingerprint density at radius 3 is 2.53 bits per heavy atom. The summed E-state index contributed by atoms with van der Waals surface area (Å²) in [6.07, 6.45) is 12.3. The summed E-state index contributed by atoms with van der Waals surface area (Å²) in [6, 6.07) is -1.35. The van der Waals surface area contributed by atoms with Gasteiger partial charge in [0.25, 0.3) is 0 Å². The van der Waals surface area contributed by atoms with E-state index in [2.05, 4.69) is 5.32 Å². The van der Waals surface area contributed by atoms with Crippen LogP contribution in [0.4, 0.5) is 4.79 Å². The van der Waals surface area contributed by atoms with Crippen LogP contribution in [0.3, 0.4) is 0 Å². The zero-order valence-corrected chi connectivity index (χ0v) is 19.7. The SMILES string of the molecule is NC(=O)[C@@H]1CCCN1C(=O)[C@H](CCCCC/C=C\C1CC1C(=O)O)NC(=O)OC1CC2C[C@H]2C1. The number of unbranched alkanes of at least 4 members (excludes halogenated alkanes) is 3. The van der Waals surface area contributed by atoms with Gasteiger partial charge in [0.2, 0.25) is 11.8 Å². The van der Waals surface area contributed by atoms with E-state index in [0.29, 0.717) is 31.2 Å². The number of amides is 3. The average molecular weight is 476 g/mol. The first-order valence-electron chi connectivity index (χ1n) is 12.8. The first kappa shape index (κ1) is 24.5. The van der Waals surface area contributed by atoms with E-state index in [1.54, 1.807) is 0 Å². The number of fused-ring (bicyclic) bond motifs is 1. The normalized spacial score (nSPS) is 32.3. The third kappa shape index (κ3) is 6.30. The summed E-state index contributed by atoms with van der Waals surface area (Å²) in [5.74, 6) is -0.165. The lowest BCUT2D eigenvalue weighted by molar-refractivity contribution is -0.139. The number of carboxylic acid groups (broad SMARTS) is 1. The molecule has 9 nitrogen and oxygen atoms in total. The zero-order valence-electron chi connectivity index (χ0n) is 19.7. The molecule has 0 bridgehead atoms. The Balaban J connectivity index is 1.23. The van der Waals surface area contributed by atoms with Gasteiger partial charge in [0, 0.05) is 6.54 Å². The average Bonchev–Trinajstić information content (AvgIpc) is 3.62. The number of rotatable bonds is 12. The van der Waals surface area contributed by atoms with Crippen molar-refractivity contribution in [2.75, 3.05) is 6.54 Å². The minimum absolute atomic E-state index is 0.0661. The Kier molecular flexibility index (Phi) is 7.78. The van der Waals surface area contributed by atoms with Gasteiger partial charge in [-0.1, -0.05) is 25.0 Å². The molecule has 1 heterocycles. The highest BCUT2D eigenvalue weighted by molar-refractivity contribution is 5.91. The topological polar surface area (TPSA) is 139 Å². The molecular formula is C25H37N3O6. The standard InChI is InChI=1S/C25H37N3O6/c26-22(29)21-9-6-10-28(21)23(30)20(27-25(33)34-18-12-16-11-17(16)13-18)8-5-3-1-2-4-7-15-14-19(15)24(31)32/h4,7,15-21H,1-3,5-6,8-14H2,(H2,26,29)(H,27,33)(H,31,32)/b7-4-/t15?,16-,17?,18?,19?,20-,21-/m0/s1. The van der Waals surface area contributed by atoms with Crippen molar-refractivity contribution in [1.29, 1.82) is 0 Å². The summed E-state index contributed by atoms with van der Waals surface area (Å²) in [5.41, 5.74) is 5.49. The van der Waals surface area contributed by atoms with Gasteiger partial charge in [-0.2, -0.15) is 0 Å². The number of aliphatic carboxylic acids is 1. The molecule has 0 aromatic heterocycles. The Morgan fingerprint density at radius 2 is 1.85 bits per heavy atom. The molecule has 7 atom stereocenters. The first-order valence-corrected chi connectivity index (χ1v) is 12.8. The molecule has 4 aliphatic rings. The molecule has 3 saturated carbocycles. The van der Waals surface area contributed by atoms with E-state index in [1.807, 2.05) is 12.2 Å². The smallest absolute Gasteiger partial charge is 0.408 e. The van der Waals surface area contributed by atoms with Gasteiger partial charge >= 0.3 is 12.1 Å². The van der Waals surface area contributed by atoms with Crippen molar-refractivity contribution >= 4 is 23.9 Å². The van der Waals surface area contributed by atoms with Crippen molar-refractivity contribution in [3.63, 3.8) is 0 Å². The molecule has 3 amide bonds. The Hall–Kier alpha value is -2.58. The molecule has 1 saturated heterocycles. The molecule has 9 heteroatoms. The van der Waals surface area contributed by atoms with E-state index in [-0.39, 0.29) is 23.8 Å². The minimum atomic E-state index is -0.735. The van der Waals surface area contributed by atoms with Crippen molar-refractivity contribution in [2.45, 2.75) is 88.8 Å². The molecule has 4 unspecified atom stereocenters. The van der Waals surface area contributed by atoms with Crippen LogP contribution in [0.15, 0.2) is 12.2 Å². The van der Waals surface area contributed by atoms with Crippen molar-refractivity contribution in [1.82, 2.24) is 10.2 Å². The van der Waals surface area contributed by atoms with E-state index >= 15 is 0 Å². The lowest BCUT2D eigenvalue weighted by Gasteiger charge is -2.28. The molecule has 3 aliphatic carbocycles. The number of nitrogens with one attached hydrogen (secondary N) is 1. The minimum Gasteiger partial charge on any atom is -0.481 e. The third-order valence-corrected chi connectivity index (χ3v) is 7.83. The summed E-state index contributed by atoms with van der Waals surface area (Å²) in [6.45, 7) is 0.467. The van der Waals surface area contributed by atoms with Crippen LogP contribution in [-0.2, 0) is 19.1 Å². The van der Waals surface area contributed by atoms with Gasteiger partial charge in [-0.05, 0) is 75.5 Å². The number of primary amides is 1. The number of nitrogens with zero attached hydrogens (tertiary/aromatic N) is 1. The molecular weight excluding hydrogens is 438 g/mol. The van der Waals surface area contributed by atoms with Crippen molar-refractivity contribution in [3.8, 4) is 0 Å². The first-order chi connectivity index (χ1) is 16.3. The van der Waals surface area contributed by atoms with Crippen LogP contribution in [0, 0.1) is 23.7 Å². The van der Waals surface area contributed by atoms with Crippen molar-refractivity contribution in [2.24, 2.45) is 29.4 Å². The maximum Gasteiger partial charge on any atom is 0.408 e. The predicted molar refractivity (Wildman–Crippen MR) is 123 cm³/mol. The maximum absolute atomic E-state index is 13.2. The molecule has 1 aliphatic heterocycles. The fourth-order valence-electron chi connectivity index (χ4n) is 5.64. The van der Waals surface area contributed by atoms with Gasteiger partial charge in [0.15, 0.2) is 0 Å². The quantitative estimate of drug-likeness (QED) is 0.293. The monoisotopic (exact) mass is 475 g/mol. The van der Waals surface area contributed by atoms with Crippen LogP contribution in [0.1, 0.15) is 70.6 Å². The largest absolute Gasteiger partial charge is 0.481 e. The lowest BCUT2D eigenvalue weighted by atomic mass is 10.0. The molecule has 0 spiro atoms. The number of hydrogen-bond donors (Lipinski definition) is 3. The number of alkyl carbamates (subject to hydrolysis) is 1. The molecule has 0 radical (unpaired) electrons. The maximum atomic E-state index is 13.2. The third-order valence-electron chi connectivity index (χ3n) is 7.83. The highest BCUT2D eigenvalue weighted by atomic mass is 16.6. The summed E-state index contributed by atoms with van der Waals surface area (Å²) in [7, 11) is 0. The van der Waals surface area contributed by atoms with Gasteiger partial charge in [-0.25, -0.2) is 4.79 Å². The molecule has 188 valence electrons. The number of hydrogen-bond acceptors (Lipinski definition) is 5. The van der Waals surface area contributed by atoms with Gasteiger partial charge in [0.1, 0.15) is 18.2 Å². The molecule has 0 aromatic carbocycles. The number of ether oxygens (including phenoxy) is 1. The van der Waals surface area contributed by atoms with Crippen LogP contribution in [0.25, 0.3) is 0 Å². The number of allylic oxidation sites excluding steroid dienone is 2. The fourth-order valence-corrected chi connectivity index (χ4v) is 5.64. The van der Waals surface area contributed by atoms with E-state index < -0.39 is 30.1 Å². The van der Waals surface area contributed by atoms with E-state index in [1.165, 1.54) is 11.3 Å². The summed E-state index contributed by atoms with van der Waals surface area (Å²) in [5, 5.41) is 11.7. The number of carbonyl (C=O) groups is 4. The van der Waals surface area contributed by atoms with Crippen molar-refractivity contribution < 1.29 is 29.0 Å². The van der Waals surface area contributed by atoms with Gasteiger partial charge in [-0.15, -0.1) is 0 Å². The molecule has 34 heavy (non-hydrogen) atoms. The van der Waals surface area contributed by atoms with Crippen LogP contribution in [-0.4, -0.2) is 58.6 Å². The Morgan fingerprint density at radius 1 is 1.09 bits per heavy atom. The molecule has 4 rings (SSSR count). The van der Waals surface area contributed by atoms with Gasteiger partial charge in [-0.3, -0.25) is 14.4 Å². The molecule has 4 fully saturated rings. The highest BCUT2D eigenvalue weighted by Gasteiger charge is 2.47. The number of likely N-dealkylation sites (tertiary alicyclic amines) is 1. The van der Waals surface area contributed by atoms with Crippen LogP contribution in [0.2, 0.25) is 0 Å². The second kappa shape index (κ2) is 10.8. The number of carbonyl (C=O) groups excluding carboxylic acids is 3. The van der Waals surface area contributed by atoms with Crippen LogP contribution in [0.5, 0.6) is 0 Å². The van der Waals surface area contributed by atoms with Crippen LogP contribution >= 0.6 is 0 Å². The summed E-state index contributed by atoms with van der Waals surface area (Å²) >= 11 is 0. The van der Waals surface area contributed by atoms with E-state index in [4.69, 9.17) is 15.6 Å². The Labute approximate surface area is 200 Å². The van der Waals surface area contributed by atoms with Gasteiger partial charge < -0.3 is 25.8 Å². The molecule has 4 N–H and O–H groups in total. The number of nitrogens with two attached hydrogens (primary N) is 1. The Bertz CT molecular complexity index is 819.